The van der Waals surface area contributed by atoms with Crippen LogP contribution in [-0.2, 0) is 13.1 Å². The predicted octanol–water partition coefficient (Wildman–Crippen LogP) is 3.52. The predicted molar refractivity (Wildman–Crippen MR) is 90.2 cm³/mol. The lowest BCUT2D eigenvalue weighted by molar-refractivity contribution is 0.174. The number of hydrogen-bond donors (Lipinski definition) is 1. The van der Waals surface area contributed by atoms with Gasteiger partial charge in [-0.25, -0.2) is 0 Å². The Hall–Kier alpha value is -2.11. The van der Waals surface area contributed by atoms with Crippen molar-refractivity contribution < 1.29 is 18.9 Å². The molecule has 2 aromatic rings. The first-order valence-electron chi connectivity index (χ1n) is 7.97. The molecule has 0 radical (unpaired) electrons. The van der Waals surface area contributed by atoms with Crippen molar-refractivity contribution in [3.05, 3.63) is 46.5 Å². The Kier molecular flexibility index (Phi) is 4.36. The first kappa shape index (κ1) is 15.4. The zero-order chi connectivity index (χ0) is 16.4. The van der Waals surface area contributed by atoms with Crippen LogP contribution in [0.2, 0.25) is 5.02 Å². The van der Waals surface area contributed by atoms with E-state index in [-0.39, 0.29) is 0 Å². The van der Waals surface area contributed by atoms with Crippen molar-refractivity contribution in [3.8, 4) is 23.0 Å². The molecule has 126 valence electrons. The highest BCUT2D eigenvalue weighted by Crippen LogP contribution is 2.38. The minimum atomic E-state index is 0.294. The van der Waals surface area contributed by atoms with Crippen LogP contribution in [-0.4, -0.2) is 20.0 Å². The summed E-state index contributed by atoms with van der Waals surface area (Å²) in [5.41, 5.74) is 2.20. The number of hydrogen-bond acceptors (Lipinski definition) is 5. The topological polar surface area (TPSA) is 49.0 Å². The van der Waals surface area contributed by atoms with E-state index in [1.807, 2.05) is 30.3 Å². The third-order valence-corrected chi connectivity index (χ3v) is 4.24. The molecule has 24 heavy (non-hydrogen) atoms. The van der Waals surface area contributed by atoms with Crippen molar-refractivity contribution in [2.45, 2.75) is 19.5 Å². The lowest BCUT2D eigenvalue weighted by Gasteiger charge is -2.12. The molecule has 4 rings (SSSR count). The van der Waals surface area contributed by atoms with Crippen LogP contribution in [0.4, 0.5) is 0 Å². The van der Waals surface area contributed by atoms with Crippen LogP contribution in [0, 0.1) is 0 Å². The minimum absolute atomic E-state index is 0.294. The van der Waals surface area contributed by atoms with Crippen molar-refractivity contribution in [1.29, 1.82) is 0 Å². The summed E-state index contributed by atoms with van der Waals surface area (Å²) in [5.74, 6) is 2.97. The molecule has 5 nitrogen and oxygen atoms in total. The average molecular weight is 348 g/mol. The van der Waals surface area contributed by atoms with Gasteiger partial charge < -0.3 is 24.3 Å². The van der Waals surface area contributed by atoms with Gasteiger partial charge in [-0.15, -0.1) is 0 Å². The van der Waals surface area contributed by atoms with Crippen molar-refractivity contribution >= 4 is 11.6 Å². The number of ether oxygens (including phenoxy) is 4. The van der Waals surface area contributed by atoms with Crippen LogP contribution in [0.5, 0.6) is 23.0 Å². The molecule has 2 aliphatic heterocycles. The standard InChI is InChI=1S/C18H18ClNO4/c19-14-6-13(8-17-18(14)22-5-1-4-21-17)10-20-9-12-2-3-15-16(7-12)24-11-23-15/h2-3,6-8,20H,1,4-5,9-11H2. The van der Waals surface area contributed by atoms with E-state index in [0.717, 1.165) is 41.3 Å². The second-order valence-corrected chi connectivity index (χ2v) is 6.15. The molecular formula is C18H18ClNO4. The van der Waals surface area contributed by atoms with Gasteiger partial charge in [-0.2, -0.15) is 0 Å². The number of halogens is 1. The zero-order valence-corrected chi connectivity index (χ0v) is 13.9. The van der Waals surface area contributed by atoms with E-state index < -0.39 is 0 Å². The van der Waals surface area contributed by atoms with Gasteiger partial charge in [0.1, 0.15) is 0 Å². The highest BCUT2D eigenvalue weighted by Gasteiger charge is 2.16. The third kappa shape index (κ3) is 3.23. The highest BCUT2D eigenvalue weighted by atomic mass is 35.5. The highest BCUT2D eigenvalue weighted by molar-refractivity contribution is 6.32. The quantitative estimate of drug-likeness (QED) is 0.917. The number of rotatable bonds is 4. The fourth-order valence-corrected chi connectivity index (χ4v) is 3.08. The number of nitrogens with one attached hydrogen (secondary N) is 1. The third-order valence-electron chi connectivity index (χ3n) is 3.96. The summed E-state index contributed by atoms with van der Waals surface area (Å²) >= 11 is 6.32. The van der Waals surface area contributed by atoms with Gasteiger partial charge in [0.05, 0.1) is 18.2 Å². The molecule has 0 amide bonds. The first-order chi connectivity index (χ1) is 11.8. The monoisotopic (exact) mass is 347 g/mol. The van der Waals surface area contributed by atoms with Crippen LogP contribution in [0.3, 0.4) is 0 Å². The summed E-state index contributed by atoms with van der Waals surface area (Å²) < 4.78 is 22.1. The molecule has 0 saturated carbocycles. The second kappa shape index (κ2) is 6.79. The van der Waals surface area contributed by atoms with Crippen molar-refractivity contribution in [1.82, 2.24) is 5.32 Å². The lowest BCUT2D eigenvalue weighted by atomic mass is 10.1. The van der Waals surface area contributed by atoms with Crippen LogP contribution in [0.25, 0.3) is 0 Å². The molecular weight excluding hydrogens is 330 g/mol. The van der Waals surface area contributed by atoms with Gasteiger partial charge in [0.2, 0.25) is 6.79 Å². The van der Waals surface area contributed by atoms with Gasteiger partial charge in [-0.05, 0) is 35.4 Å². The lowest BCUT2D eigenvalue weighted by Crippen LogP contribution is -2.12. The fourth-order valence-electron chi connectivity index (χ4n) is 2.79. The van der Waals surface area contributed by atoms with Gasteiger partial charge in [-0.1, -0.05) is 17.7 Å². The molecule has 0 fully saturated rings. The minimum Gasteiger partial charge on any atom is -0.489 e. The SMILES string of the molecule is Clc1cc(CNCc2ccc3c(c2)OCO3)cc2c1OCCCO2. The van der Waals surface area contributed by atoms with Gasteiger partial charge in [0.15, 0.2) is 23.0 Å². The van der Waals surface area contributed by atoms with E-state index in [2.05, 4.69) is 5.32 Å². The second-order valence-electron chi connectivity index (χ2n) is 5.75. The molecule has 2 aromatic carbocycles. The van der Waals surface area contributed by atoms with Gasteiger partial charge in [0.25, 0.3) is 0 Å². The summed E-state index contributed by atoms with van der Waals surface area (Å²) in [5, 5.41) is 4.00. The van der Waals surface area contributed by atoms with Gasteiger partial charge in [-0.3, -0.25) is 0 Å². The number of fused-ring (bicyclic) bond motifs is 2. The molecule has 6 heteroatoms. The fraction of sp³-hybridized carbons (Fsp3) is 0.333. The summed E-state index contributed by atoms with van der Waals surface area (Å²) in [4.78, 5) is 0. The summed E-state index contributed by atoms with van der Waals surface area (Å²) in [6.07, 6.45) is 0.864. The van der Waals surface area contributed by atoms with Crippen LogP contribution >= 0.6 is 11.6 Å². The van der Waals surface area contributed by atoms with Crippen molar-refractivity contribution in [2.75, 3.05) is 20.0 Å². The smallest absolute Gasteiger partial charge is 0.231 e. The van der Waals surface area contributed by atoms with Crippen molar-refractivity contribution in [2.24, 2.45) is 0 Å². The van der Waals surface area contributed by atoms with Crippen molar-refractivity contribution in [3.63, 3.8) is 0 Å². The molecule has 2 aliphatic rings. The Labute approximate surface area is 145 Å². The molecule has 0 aliphatic carbocycles. The average Bonchev–Trinajstić information content (AvgIpc) is 2.91. The van der Waals surface area contributed by atoms with Gasteiger partial charge in [0, 0.05) is 19.5 Å². The molecule has 0 aromatic heterocycles. The normalized spacial score (nSPS) is 15.2. The Morgan fingerprint density at radius 2 is 1.62 bits per heavy atom. The molecule has 0 saturated heterocycles. The number of benzene rings is 2. The molecule has 0 unspecified atom stereocenters. The first-order valence-corrected chi connectivity index (χ1v) is 8.35. The Morgan fingerprint density at radius 3 is 2.58 bits per heavy atom. The van der Waals surface area contributed by atoms with Gasteiger partial charge >= 0.3 is 0 Å². The summed E-state index contributed by atoms with van der Waals surface area (Å²) in [7, 11) is 0. The molecule has 0 bridgehead atoms. The maximum absolute atomic E-state index is 6.32. The summed E-state index contributed by atoms with van der Waals surface area (Å²) in [6, 6.07) is 9.86. The van der Waals surface area contributed by atoms with Crippen LogP contribution < -0.4 is 24.3 Å². The maximum Gasteiger partial charge on any atom is 0.231 e. The Morgan fingerprint density at radius 1 is 0.833 bits per heavy atom. The summed E-state index contributed by atoms with van der Waals surface area (Å²) in [6.45, 7) is 2.99. The van der Waals surface area contributed by atoms with E-state index >= 15 is 0 Å². The van der Waals surface area contributed by atoms with E-state index in [1.165, 1.54) is 0 Å². The van der Waals surface area contributed by atoms with E-state index in [0.29, 0.717) is 37.3 Å². The molecule has 1 N–H and O–H groups in total. The Bertz CT molecular complexity index is 750. The largest absolute Gasteiger partial charge is 0.489 e. The van der Waals surface area contributed by atoms with E-state index in [4.69, 9.17) is 30.5 Å². The zero-order valence-electron chi connectivity index (χ0n) is 13.1. The van der Waals surface area contributed by atoms with Crippen LogP contribution in [0.1, 0.15) is 17.5 Å². The van der Waals surface area contributed by atoms with E-state index in [1.54, 1.807) is 0 Å². The molecule has 0 atom stereocenters. The molecule has 2 heterocycles. The van der Waals surface area contributed by atoms with Crippen LogP contribution in [0.15, 0.2) is 30.3 Å². The van der Waals surface area contributed by atoms with E-state index in [9.17, 15) is 0 Å². The Balaban J connectivity index is 1.41. The molecule has 0 spiro atoms. The maximum atomic E-state index is 6.32.